The third-order valence-corrected chi connectivity index (χ3v) is 6.27. The van der Waals surface area contributed by atoms with Crippen molar-refractivity contribution in [2.24, 2.45) is 0 Å². The highest BCUT2D eigenvalue weighted by molar-refractivity contribution is 7.92. The van der Waals surface area contributed by atoms with Gasteiger partial charge in [0.25, 0.3) is 5.91 Å². The first kappa shape index (κ1) is 22.6. The molecule has 1 N–H and O–H groups in total. The number of sulfonamides is 1. The Morgan fingerprint density at radius 1 is 1.00 bits per heavy atom. The second-order valence-corrected chi connectivity index (χ2v) is 9.89. The van der Waals surface area contributed by atoms with Gasteiger partial charge in [0.2, 0.25) is 10.0 Å². The lowest BCUT2D eigenvalue weighted by Crippen LogP contribution is -2.14. The van der Waals surface area contributed by atoms with E-state index in [1.165, 1.54) is 4.57 Å². The van der Waals surface area contributed by atoms with Gasteiger partial charge in [-0.25, -0.2) is 13.4 Å². The Morgan fingerprint density at radius 2 is 1.80 bits per heavy atom. The molecule has 0 spiro atoms. The van der Waals surface area contributed by atoms with Gasteiger partial charge in [-0.05, 0) is 53.6 Å². The molecular formula is C27H23N3O4S. The first-order valence-electron chi connectivity index (χ1n) is 11.1. The van der Waals surface area contributed by atoms with Crippen molar-refractivity contribution >= 4 is 43.4 Å². The Balaban J connectivity index is 1.70. The summed E-state index contributed by atoms with van der Waals surface area (Å²) in [5, 5.41) is 2.50. The smallest absolute Gasteiger partial charge is 0.267 e. The Labute approximate surface area is 203 Å². The molecule has 5 aromatic rings. The maximum absolute atomic E-state index is 14.0. The van der Waals surface area contributed by atoms with Crippen molar-refractivity contribution in [2.45, 2.75) is 6.92 Å². The molecule has 7 nitrogen and oxygen atoms in total. The number of carbonyl (C=O) groups excluding carboxylic acids is 1. The summed E-state index contributed by atoms with van der Waals surface area (Å²) < 4.78 is 33.3. The van der Waals surface area contributed by atoms with Crippen LogP contribution in [0.15, 0.2) is 85.2 Å². The molecule has 176 valence electrons. The van der Waals surface area contributed by atoms with Gasteiger partial charge >= 0.3 is 0 Å². The monoisotopic (exact) mass is 485 g/mol. The molecule has 8 heteroatoms. The summed E-state index contributed by atoms with van der Waals surface area (Å²) in [6.07, 6.45) is 4.50. The normalized spacial score (nSPS) is 11.6. The molecule has 35 heavy (non-hydrogen) atoms. The molecule has 0 bridgehead atoms. The molecule has 2 aromatic heterocycles. The maximum Gasteiger partial charge on any atom is 0.267 e. The Kier molecular flexibility index (Phi) is 5.74. The van der Waals surface area contributed by atoms with E-state index in [1.54, 1.807) is 30.6 Å². The molecule has 0 aliphatic rings. The van der Waals surface area contributed by atoms with Crippen LogP contribution in [-0.2, 0) is 10.0 Å². The van der Waals surface area contributed by atoms with Crippen molar-refractivity contribution in [1.82, 2.24) is 9.55 Å². The lowest BCUT2D eigenvalue weighted by molar-refractivity contribution is 0.0962. The van der Waals surface area contributed by atoms with Crippen LogP contribution in [-0.4, -0.2) is 36.7 Å². The van der Waals surface area contributed by atoms with E-state index in [-0.39, 0.29) is 5.91 Å². The summed E-state index contributed by atoms with van der Waals surface area (Å²) in [5.41, 5.74) is 2.92. The van der Waals surface area contributed by atoms with Gasteiger partial charge in [0.1, 0.15) is 11.4 Å². The van der Waals surface area contributed by atoms with E-state index in [2.05, 4.69) is 9.71 Å². The highest BCUT2D eigenvalue weighted by atomic mass is 32.2. The van der Waals surface area contributed by atoms with Crippen LogP contribution in [0, 0.1) is 0 Å². The van der Waals surface area contributed by atoms with Gasteiger partial charge in [0, 0.05) is 29.0 Å². The number of ether oxygens (including phenoxy) is 1. The zero-order chi connectivity index (χ0) is 24.6. The molecule has 3 aromatic carbocycles. The lowest BCUT2D eigenvalue weighted by atomic mass is 10.0. The zero-order valence-electron chi connectivity index (χ0n) is 19.2. The fourth-order valence-corrected chi connectivity index (χ4v) is 4.83. The van der Waals surface area contributed by atoms with Crippen LogP contribution in [0.1, 0.15) is 17.3 Å². The van der Waals surface area contributed by atoms with E-state index >= 15 is 0 Å². The number of aromatic nitrogens is 2. The van der Waals surface area contributed by atoms with Crippen LogP contribution in [0.3, 0.4) is 0 Å². The topological polar surface area (TPSA) is 90.3 Å². The molecule has 0 radical (unpaired) electrons. The summed E-state index contributed by atoms with van der Waals surface area (Å²) in [7, 11) is -3.43. The molecule has 0 aliphatic carbocycles. The number of hydrogen-bond donors (Lipinski definition) is 1. The number of carbonyl (C=O) groups is 1. The SMILES string of the molecule is CCOc1ccc2ccccc2c1C(=O)n1cc(-c2cccc(NS(C)(=O)=O)c2)c2cccnc21. The van der Waals surface area contributed by atoms with Crippen LogP contribution in [0.25, 0.3) is 32.9 Å². The van der Waals surface area contributed by atoms with Crippen molar-refractivity contribution in [3.8, 4) is 16.9 Å². The van der Waals surface area contributed by atoms with Gasteiger partial charge in [-0.3, -0.25) is 14.1 Å². The highest BCUT2D eigenvalue weighted by Crippen LogP contribution is 2.34. The predicted molar refractivity (Wildman–Crippen MR) is 138 cm³/mol. The quantitative estimate of drug-likeness (QED) is 0.352. The van der Waals surface area contributed by atoms with Crippen LogP contribution in [0.2, 0.25) is 0 Å². The number of nitrogens with one attached hydrogen (secondary N) is 1. The molecule has 2 heterocycles. The van der Waals surface area contributed by atoms with Gasteiger partial charge in [0.15, 0.2) is 0 Å². The van der Waals surface area contributed by atoms with Crippen molar-refractivity contribution < 1.29 is 17.9 Å². The highest BCUT2D eigenvalue weighted by Gasteiger charge is 2.22. The van der Waals surface area contributed by atoms with Gasteiger partial charge in [-0.2, -0.15) is 0 Å². The first-order chi connectivity index (χ1) is 16.9. The average molecular weight is 486 g/mol. The van der Waals surface area contributed by atoms with Gasteiger partial charge < -0.3 is 4.74 Å². The summed E-state index contributed by atoms with van der Waals surface area (Å²) >= 11 is 0. The maximum atomic E-state index is 14.0. The number of anilines is 1. The van der Waals surface area contributed by atoms with Crippen LogP contribution in [0.5, 0.6) is 5.75 Å². The molecule has 0 saturated heterocycles. The fraction of sp³-hybridized carbons (Fsp3) is 0.111. The minimum Gasteiger partial charge on any atom is -0.493 e. The van der Waals surface area contributed by atoms with Crippen molar-refractivity contribution in [3.63, 3.8) is 0 Å². The summed E-state index contributed by atoms with van der Waals surface area (Å²) in [6, 6.07) is 22.2. The Bertz CT molecular complexity index is 1690. The van der Waals surface area contributed by atoms with E-state index in [0.29, 0.717) is 29.3 Å². The second kappa shape index (κ2) is 8.88. The van der Waals surface area contributed by atoms with Crippen LogP contribution < -0.4 is 9.46 Å². The zero-order valence-corrected chi connectivity index (χ0v) is 20.0. The summed E-state index contributed by atoms with van der Waals surface area (Å²) in [5.74, 6) is 0.250. The third kappa shape index (κ3) is 4.36. The second-order valence-electron chi connectivity index (χ2n) is 8.14. The van der Waals surface area contributed by atoms with E-state index in [0.717, 1.165) is 33.5 Å². The molecule has 0 fully saturated rings. The molecule has 0 unspecified atom stereocenters. The minimum absolute atomic E-state index is 0.259. The minimum atomic E-state index is -3.43. The fourth-order valence-electron chi connectivity index (χ4n) is 4.28. The first-order valence-corrected chi connectivity index (χ1v) is 13.0. The Morgan fingerprint density at radius 3 is 2.60 bits per heavy atom. The van der Waals surface area contributed by atoms with Gasteiger partial charge in [-0.1, -0.05) is 42.5 Å². The van der Waals surface area contributed by atoms with E-state index < -0.39 is 10.0 Å². The molecule has 0 aliphatic heterocycles. The average Bonchev–Trinajstić information content (AvgIpc) is 3.23. The number of nitrogens with zero attached hydrogens (tertiary/aromatic N) is 2. The number of rotatable bonds is 6. The van der Waals surface area contributed by atoms with Gasteiger partial charge in [0.05, 0.1) is 18.4 Å². The number of hydrogen-bond acceptors (Lipinski definition) is 5. The summed E-state index contributed by atoms with van der Waals surface area (Å²) in [6.45, 7) is 2.31. The predicted octanol–water partition coefficient (Wildman–Crippen LogP) is 5.32. The standard InChI is InChI=1S/C27H23N3O4S/c1-3-34-24-14-13-18-8-4-5-11-21(18)25(24)27(31)30-17-23(22-12-7-15-28-26(22)30)19-9-6-10-20(16-19)29-35(2,32)33/h4-17,29H,3H2,1-2H3. The number of pyridine rings is 1. The third-order valence-electron chi connectivity index (χ3n) is 5.66. The van der Waals surface area contributed by atoms with E-state index in [4.69, 9.17) is 4.74 Å². The largest absolute Gasteiger partial charge is 0.493 e. The lowest BCUT2D eigenvalue weighted by Gasteiger charge is -2.13. The van der Waals surface area contributed by atoms with Crippen LogP contribution >= 0.6 is 0 Å². The van der Waals surface area contributed by atoms with Crippen molar-refractivity contribution in [1.29, 1.82) is 0 Å². The molecular weight excluding hydrogens is 462 g/mol. The van der Waals surface area contributed by atoms with E-state index in [1.807, 2.05) is 61.5 Å². The molecule has 0 amide bonds. The molecule has 0 saturated carbocycles. The van der Waals surface area contributed by atoms with Crippen molar-refractivity contribution in [2.75, 3.05) is 17.6 Å². The van der Waals surface area contributed by atoms with E-state index in [9.17, 15) is 13.2 Å². The van der Waals surface area contributed by atoms with Crippen molar-refractivity contribution in [3.05, 3.63) is 90.8 Å². The van der Waals surface area contributed by atoms with Gasteiger partial charge in [-0.15, -0.1) is 0 Å². The molecule has 0 atom stereocenters. The number of fused-ring (bicyclic) bond motifs is 2. The number of benzene rings is 3. The summed E-state index contributed by atoms with van der Waals surface area (Å²) in [4.78, 5) is 18.5. The molecule has 5 rings (SSSR count). The van der Waals surface area contributed by atoms with Crippen LogP contribution in [0.4, 0.5) is 5.69 Å². The Hall–Kier alpha value is -4.17.